The van der Waals surface area contributed by atoms with Crippen LogP contribution in [-0.4, -0.2) is 23.2 Å². The summed E-state index contributed by atoms with van der Waals surface area (Å²) < 4.78 is 0. The molecule has 1 aromatic heterocycles. The largest absolute Gasteiger partial charge is 0.355 e. The van der Waals surface area contributed by atoms with Crippen molar-refractivity contribution in [2.24, 2.45) is 0 Å². The van der Waals surface area contributed by atoms with Crippen LogP contribution < -0.4 is 5.32 Å². The van der Waals surface area contributed by atoms with Crippen LogP contribution in [0.4, 0.5) is 0 Å². The van der Waals surface area contributed by atoms with E-state index in [1.807, 2.05) is 24.3 Å². The Morgan fingerprint density at radius 2 is 2.00 bits per heavy atom. The van der Waals surface area contributed by atoms with E-state index in [0.29, 0.717) is 11.3 Å². The lowest BCUT2D eigenvalue weighted by Gasteiger charge is -2.06. The van der Waals surface area contributed by atoms with E-state index in [1.54, 1.807) is 14.0 Å². The zero-order chi connectivity index (χ0) is 10.8. The average molecular weight is 201 g/mol. The van der Waals surface area contributed by atoms with Crippen molar-refractivity contribution in [3.05, 3.63) is 35.5 Å². The van der Waals surface area contributed by atoms with Crippen molar-refractivity contribution in [1.29, 1.82) is 0 Å². The second-order valence-electron chi connectivity index (χ2n) is 3.26. The molecule has 0 saturated heterocycles. The molecule has 0 atom stereocenters. The average Bonchev–Trinajstić information content (AvgIpc) is 2.28. The number of aryl methyl sites for hydroxylation is 1. The molecule has 0 bridgehead atoms. The first kappa shape index (κ1) is 9.58. The van der Waals surface area contributed by atoms with E-state index < -0.39 is 0 Å². The molecule has 0 radical (unpaired) electrons. The number of aromatic nitrogens is 2. The summed E-state index contributed by atoms with van der Waals surface area (Å²) in [7, 11) is 1.61. The van der Waals surface area contributed by atoms with Crippen LogP contribution in [0.1, 0.15) is 16.1 Å². The number of amides is 1. The standard InChI is InChI=1S/C11H11N3O/c1-7-10(11(15)12-2)8-5-3-4-6-9(8)14-13-7/h3-6H,1-2H3,(H,12,15). The van der Waals surface area contributed by atoms with Crippen molar-refractivity contribution in [2.75, 3.05) is 7.05 Å². The number of hydrogen-bond acceptors (Lipinski definition) is 3. The number of rotatable bonds is 1. The van der Waals surface area contributed by atoms with Gasteiger partial charge in [0.1, 0.15) is 0 Å². The number of fused-ring (bicyclic) bond motifs is 1. The molecule has 0 aliphatic heterocycles. The minimum absolute atomic E-state index is 0.126. The lowest BCUT2D eigenvalue weighted by atomic mass is 10.1. The first-order valence-electron chi connectivity index (χ1n) is 4.68. The van der Waals surface area contributed by atoms with Crippen molar-refractivity contribution >= 4 is 16.8 Å². The lowest BCUT2D eigenvalue weighted by Crippen LogP contribution is -2.20. The summed E-state index contributed by atoms with van der Waals surface area (Å²) in [6.07, 6.45) is 0. The molecule has 0 fully saturated rings. The van der Waals surface area contributed by atoms with Gasteiger partial charge >= 0.3 is 0 Å². The highest BCUT2D eigenvalue weighted by Crippen LogP contribution is 2.17. The molecule has 0 saturated carbocycles. The zero-order valence-electron chi connectivity index (χ0n) is 8.61. The van der Waals surface area contributed by atoms with Gasteiger partial charge in [-0.1, -0.05) is 18.2 Å². The smallest absolute Gasteiger partial charge is 0.253 e. The van der Waals surface area contributed by atoms with Crippen LogP contribution in [0.3, 0.4) is 0 Å². The van der Waals surface area contributed by atoms with Crippen molar-refractivity contribution in [3.8, 4) is 0 Å². The first-order chi connectivity index (χ1) is 7.24. The highest BCUT2D eigenvalue weighted by Gasteiger charge is 2.13. The van der Waals surface area contributed by atoms with Gasteiger partial charge in [-0.15, -0.1) is 0 Å². The normalized spacial score (nSPS) is 10.3. The highest BCUT2D eigenvalue weighted by atomic mass is 16.1. The predicted molar refractivity (Wildman–Crippen MR) is 57.7 cm³/mol. The van der Waals surface area contributed by atoms with Crippen LogP contribution in [0.15, 0.2) is 24.3 Å². The summed E-state index contributed by atoms with van der Waals surface area (Å²) >= 11 is 0. The van der Waals surface area contributed by atoms with Crippen molar-refractivity contribution < 1.29 is 4.79 Å². The predicted octanol–water partition coefficient (Wildman–Crippen LogP) is 1.30. The molecule has 1 aromatic carbocycles. The van der Waals surface area contributed by atoms with Crippen molar-refractivity contribution in [1.82, 2.24) is 15.5 Å². The number of hydrogen-bond donors (Lipinski definition) is 1. The van der Waals surface area contributed by atoms with E-state index in [4.69, 9.17) is 0 Å². The van der Waals surface area contributed by atoms with Crippen LogP contribution in [0.2, 0.25) is 0 Å². The number of carbonyl (C=O) groups excluding carboxylic acids is 1. The van der Waals surface area contributed by atoms with Crippen LogP contribution in [-0.2, 0) is 0 Å². The van der Waals surface area contributed by atoms with Crippen LogP contribution in [0.5, 0.6) is 0 Å². The van der Waals surface area contributed by atoms with Crippen molar-refractivity contribution in [2.45, 2.75) is 6.92 Å². The summed E-state index contributed by atoms with van der Waals surface area (Å²) in [5.41, 5.74) is 1.98. The number of benzene rings is 1. The molecular formula is C11H11N3O. The summed E-state index contributed by atoms with van der Waals surface area (Å²) in [5, 5.41) is 11.4. The third-order valence-electron chi connectivity index (χ3n) is 2.30. The second-order valence-corrected chi connectivity index (χ2v) is 3.26. The molecule has 1 heterocycles. The molecule has 15 heavy (non-hydrogen) atoms. The van der Waals surface area contributed by atoms with Gasteiger partial charge in [0.2, 0.25) is 0 Å². The fraction of sp³-hybridized carbons (Fsp3) is 0.182. The first-order valence-corrected chi connectivity index (χ1v) is 4.68. The fourth-order valence-electron chi connectivity index (χ4n) is 1.56. The Labute approximate surface area is 87.3 Å². The Morgan fingerprint density at radius 3 is 2.73 bits per heavy atom. The number of nitrogens with one attached hydrogen (secondary N) is 1. The molecule has 0 spiro atoms. The van der Waals surface area contributed by atoms with Gasteiger partial charge in [-0.25, -0.2) is 0 Å². The third kappa shape index (κ3) is 1.54. The third-order valence-corrected chi connectivity index (χ3v) is 2.30. The quantitative estimate of drug-likeness (QED) is 0.756. The van der Waals surface area contributed by atoms with Gasteiger partial charge in [0.25, 0.3) is 5.91 Å². The molecular weight excluding hydrogens is 190 g/mol. The number of nitrogens with zero attached hydrogens (tertiary/aromatic N) is 2. The maximum absolute atomic E-state index is 11.7. The van der Waals surface area contributed by atoms with Gasteiger partial charge in [-0.3, -0.25) is 4.79 Å². The topological polar surface area (TPSA) is 54.9 Å². The van der Waals surface area contributed by atoms with Crippen molar-refractivity contribution in [3.63, 3.8) is 0 Å². The Bertz CT molecular complexity index is 522. The van der Waals surface area contributed by atoms with E-state index in [2.05, 4.69) is 15.5 Å². The minimum Gasteiger partial charge on any atom is -0.355 e. The van der Waals surface area contributed by atoms with Gasteiger partial charge < -0.3 is 5.32 Å². The van der Waals surface area contributed by atoms with Crippen LogP contribution >= 0.6 is 0 Å². The van der Waals surface area contributed by atoms with Crippen LogP contribution in [0.25, 0.3) is 10.9 Å². The Balaban J connectivity index is 2.79. The van der Waals surface area contributed by atoms with Gasteiger partial charge in [0.15, 0.2) is 0 Å². The number of carbonyl (C=O) groups is 1. The van der Waals surface area contributed by atoms with E-state index in [1.165, 1.54) is 0 Å². The summed E-state index contributed by atoms with van der Waals surface area (Å²) in [6.45, 7) is 1.78. The summed E-state index contributed by atoms with van der Waals surface area (Å²) in [6, 6.07) is 7.48. The lowest BCUT2D eigenvalue weighted by molar-refractivity contribution is 0.0963. The molecule has 4 nitrogen and oxygen atoms in total. The molecule has 0 unspecified atom stereocenters. The Morgan fingerprint density at radius 1 is 1.27 bits per heavy atom. The SMILES string of the molecule is CNC(=O)c1c(C)nnc2ccccc12. The second kappa shape index (κ2) is 3.65. The Hall–Kier alpha value is -1.97. The summed E-state index contributed by atoms with van der Waals surface area (Å²) in [4.78, 5) is 11.7. The highest BCUT2D eigenvalue weighted by molar-refractivity contribution is 6.06. The molecule has 2 rings (SSSR count). The molecule has 0 aliphatic rings. The Kier molecular flexibility index (Phi) is 2.33. The zero-order valence-corrected chi connectivity index (χ0v) is 8.61. The molecule has 0 aliphatic carbocycles. The van der Waals surface area contributed by atoms with E-state index in [0.717, 1.165) is 10.9 Å². The molecule has 1 N–H and O–H groups in total. The summed E-state index contributed by atoms with van der Waals surface area (Å²) in [5.74, 6) is -0.126. The molecule has 1 amide bonds. The molecule has 76 valence electrons. The fourth-order valence-corrected chi connectivity index (χ4v) is 1.56. The van der Waals surface area contributed by atoms with Crippen LogP contribution in [0, 0.1) is 6.92 Å². The van der Waals surface area contributed by atoms with Gasteiger partial charge in [-0.2, -0.15) is 10.2 Å². The maximum Gasteiger partial charge on any atom is 0.253 e. The van der Waals surface area contributed by atoms with E-state index >= 15 is 0 Å². The molecule has 4 heteroatoms. The monoisotopic (exact) mass is 201 g/mol. The van der Waals surface area contributed by atoms with Gasteiger partial charge in [0.05, 0.1) is 16.8 Å². The minimum atomic E-state index is -0.126. The van der Waals surface area contributed by atoms with E-state index in [-0.39, 0.29) is 5.91 Å². The van der Waals surface area contributed by atoms with Gasteiger partial charge in [-0.05, 0) is 13.0 Å². The van der Waals surface area contributed by atoms with E-state index in [9.17, 15) is 4.79 Å². The van der Waals surface area contributed by atoms with Gasteiger partial charge in [0, 0.05) is 12.4 Å². The maximum atomic E-state index is 11.7. The molecule has 2 aromatic rings.